The first-order chi connectivity index (χ1) is 18.2. The molecule has 1 fully saturated rings. The van der Waals surface area contributed by atoms with Crippen molar-refractivity contribution < 1.29 is 13.9 Å². The number of ether oxygens (including phenoxy) is 1. The van der Waals surface area contributed by atoms with Gasteiger partial charge in [-0.1, -0.05) is 6.58 Å². The number of nitrogen functional groups attached to an aromatic ring is 1. The topological polar surface area (TPSA) is 117 Å². The maximum atomic E-state index is 13.1. The molecule has 2 heterocycles. The Morgan fingerprint density at radius 2 is 1.84 bits per heavy atom. The molecular formula is C25H25BrFIN6O2S2. The van der Waals surface area contributed by atoms with E-state index < -0.39 is 0 Å². The minimum Gasteiger partial charge on any atom is -0.457 e. The van der Waals surface area contributed by atoms with Crippen LogP contribution in [0.3, 0.4) is 0 Å². The number of aromatic nitrogens is 2. The molecule has 1 unspecified atom stereocenters. The molecule has 1 atom stereocenters. The van der Waals surface area contributed by atoms with Crippen LogP contribution < -0.4 is 15.8 Å². The van der Waals surface area contributed by atoms with Gasteiger partial charge in [-0.3, -0.25) is 10.2 Å². The zero-order valence-electron chi connectivity index (χ0n) is 20.0. The third kappa shape index (κ3) is 8.32. The molecular weight excluding hydrogens is 706 g/mol. The van der Waals surface area contributed by atoms with E-state index in [9.17, 15) is 9.18 Å². The Balaban J connectivity index is 0.00000127. The average molecular weight is 731 g/mol. The number of carbonyl (C=O) groups is 1. The number of anilines is 2. The minimum atomic E-state index is -0.339. The number of likely N-dealkylation sites (tertiary alicyclic amines) is 1. The molecule has 0 bridgehead atoms. The van der Waals surface area contributed by atoms with Crippen LogP contribution in [-0.2, 0) is 4.79 Å². The Morgan fingerprint density at radius 1 is 1.24 bits per heavy atom. The van der Waals surface area contributed by atoms with Gasteiger partial charge in [0.05, 0.1) is 15.8 Å². The summed E-state index contributed by atoms with van der Waals surface area (Å²) in [6.07, 6.45) is 3.01. The largest absolute Gasteiger partial charge is 0.457 e. The lowest BCUT2D eigenvalue weighted by Crippen LogP contribution is -2.45. The number of carbonyl (C=O) groups excluding carboxylic acids is 1. The molecule has 200 valence electrons. The van der Waals surface area contributed by atoms with Crippen molar-refractivity contribution >= 4 is 80.0 Å². The van der Waals surface area contributed by atoms with Gasteiger partial charge in [0.25, 0.3) is 5.91 Å². The maximum Gasteiger partial charge on any atom is 0.260 e. The van der Waals surface area contributed by atoms with Gasteiger partial charge in [-0.2, -0.15) is 0 Å². The van der Waals surface area contributed by atoms with Gasteiger partial charge in [0.15, 0.2) is 0 Å². The first kappa shape index (κ1) is 30.2. The average Bonchev–Trinajstić information content (AvgIpc) is 2.90. The molecule has 13 heteroatoms. The van der Waals surface area contributed by atoms with Crippen LogP contribution in [0.2, 0.25) is 0 Å². The van der Waals surface area contributed by atoms with Gasteiger partial charge < -0.3 is 20.7 Å². The summed E-state index contributed by atoms with van der Waals surface area (Å²) in [6.45, 7) is 4.81. The summed E-state index contributed by atoms with van der Waals surface area (Å²) in [5, 5.41) is 12.1. The summed E-state index contributed by atoms with van der Waals surface area (Å²) in [7, 11) is 1.41. The van der Waals surface area contributed by atoms with Crippen LogP contribution in [0.5, 0.6) is 11.5 Å². The molecule has 2 aromatic carbocycles. The smallest absolute Gasteiger partial charge is 0.260 e. The zero-order valence-corrected chi connectivity index (χ0v) is 25.5. The number of nitrogens with zero attached hydrogens (tertiary/aromatic N) is 3. The number of hydrogen-bond donors (Lipinski definition) is 4. The lowest BCUT2D eigenvalue weighted by atomic mass is 10.0. The van der Waals surface area contributed by atoms with Crippen LogP contribution in [0, 0.1) is 11.2 Å². The van der Waals surface area contributed by atoms with Crippen LogP contribution in [0.4, 0.5) is 16.0 Å². The van der Waals surface area contributed by atoms with Gasteiger partial charge >= 0.3 is 0 Å². The van der Waals surface area contributed by atoms with Crippen molar-refractivity contribution in [3.63, 3.8) is 0 Å². The van der Waals surface area contributed by atoms with Crippen LogP contribution in [0.15, 0.2) is 65.9 Å². The summed E-state index contributed by atoms with van der Waals surface area (Å²) < 4.78 is 19.1. The summed E-state index contributed by atoms with van der Waals surface area (Å²) in [5.74, 6) is 1.18. The van der Waals surface area contributed by atoms with Gasteiger partial charge in [-0.05, 0) is 85.3 Å². The van der Waals surface area contributed by atoms with Crippen molar-refractivity contribution in [3.8, 4) is 11.5 Å². The fourth-order valence-corrected chi connectivity index (χ4v) is 4.12. The van der Waals surface area contributed by atoms with Crippen LogP contribution in [0.25, 0.3) is 0 Å². The number of piperidine rings is 1. The minimum absolute atomic E-state index is 0.0631. The zero-order chi connectivity index (χ0) is 27.7. The van der Waals surface area contributed by atoms with Crippen molar-refractivity contribution in [2.24, 2.45) is 0 Å². The Kier molecular flexibility index (Phi) is 11.7. The summed E-state index contributed by atoms with van der Waals surface area (Å²) >= 11 is 8.92. The molecule has 8 nitrogen and oxygen atoms in total. The molecule has 3 aromatic rings. The molecule has 38 heavy (non-hydrogen) atoms. The highest BCUT2D eigenvalue weighted by Gasteiger charge is 2.26. The predicted octanol–water partition coefficient (Wildman–Crippen LogP) is 6.63. The second-order valence-electron chi connectivity index (χ2n) is 8.15. The van der Waals surface area contributed by atoms with Crippen molar-refractivity contribution in [2.45, 2.75) is 18.9 Å². The second-order valence-corrected chi connectivity index (χ2v) is 13.2. The lowest BCUT2D eigenvalue weighted by Gasteiger charge is -2.33. The van der Waals surface area contributed by atoms with Crippen LogP contribution in [0.1, 0.15) is 24.0 Å². The Bertz CT molecular complexity index is 1280. The van der Waals surface area contributed by atoms with Crippen molar-refractivity contribution in [1.82, 2.24) is 14.9 Å². The molecule has 0 aliphatic carbocycles. The first-order valence-electron chi connectivity index (χ1n) is 11.3. The molecule has 0 radical (unpaired) electrons. The van der Waals surface area contributed by atoms with Gasteiger partial charge in [-0.15, -0.1) is 11.7 Å². The van der Waals surface area contributed by atoms with Gasteiger partial charge in [0, 0.05) is 45.9 Å². The number of halogens is 3. The second kappa shape index (κ2) is 14.7. The molecule has 1 aliphatic rings. The number of rotatable bonds is 7. The van der Waals surface area contributed by atoms with E-state index in [2.05, 4.69) is 70.7 Å². The van der Waals surface area contributed by atoms with E-state index in [-0.39, 0.29) is 29.3 Å². The Morgan fingerprint density at radius 3 is 2.45 bits per heavy atom. The molecule has 1 saturated heterocycles. The SMILES string of the molecule is C=C(Br)C(=O)N1CCCC(Nc2ncnc(N)c2C(=N)c2ccc(Oc3ccc(F)cc3)cc2)C1.SSI. The van der Waals surface area contributed by atoms with Gasteiger partial charge in [0.1, 0.15) is 35.3 Å². The van der Waals surface area contributed by atoms with E-state index in [1.54, 1.807) is 41.3 Å². The standard InChI is InChI=1S/C25H24BrFN6O2.HIS2/c1-15(26)25(34)33-12-2-3-18(13-33)32-24-21(23(29)30-14-31-24)22(28)16-4-8-19(9-5-16)35-20-10-6-17(27)7-11-20;1-3-2/h4-11,14,18,28H,1-3,12-13H2,(H3,29,30,31,32);2H. The fourth-order valence-electron chi connectivity index (χ4n) is 3.87. The van der Waals surface area contributed by atoms with Gasteiger partial charge in [-0.25, -0.2) is 14.4 Å². The quantitative estimate of drug-likeness (QED) is 0.0709. The maximum absolute atomic E-state index is 13.1. The third-order valence-electron chi connectivity index (χ3n) is 5.60. The summed E-state index contributed by atoms with van der Waals surface area (Å²) in [5.41, 5.74) is 7.28. The van der Waals surface area contributed by atoms with E-state index in [1.165, 1.54) is 26.4 Å². The highest BCUT2D eigenvalue weighted by molar-refractivity contribution is 14.2. The molecule has 1 aliphatic heterocycles. The number of amides is 1. The molecule has 1 aromatic heterocycles. The van der Waals surface area contributed by atoms with Crippen molar-refractivity contribution in [1.29, 1.82) is 5.41 Å². The molecule has 1 amide bonds. The number of hydrogen-bond acceptors (Lipinski definition) is 9. The molecule has 0 spiro atoms. The third-order valence-corrected chi connectivity index (χ3v) is 5.94. The van der Waals surface area contributed by atoms with E-state index in [0.717, 1.165) is 12.8 Å². The van der Waals surface area contributed by atoms with Crippen LogP contribution >= 0.6 is 56.8 Å². The normalized spacial score (nSPS) is 14.6. The van der Waals surface area contributed by atoms with Crippen LogP contribution in [-0.4, -0.2) is 45.6 Å². The fraction of sp³-hybridized carbons (Fsp3) is 0.200. The molecule has 0 saturated carbocycles. The number of nitrogens with one attached hydrogen (secondary N) is 2. The van der Waals surface area contributed by atoms with E-state index in [4.69, 9.17) is 15.9 Å². The highest BCUT2D eigenvalue weighted by Crippen LogP contribution is 2.27. The molecule has 4 rings (SSSR count). The Hall–Kier alpha value is -2.36. The summed E-state index contributed by atoms with van der Waals surface area (Å²) in [4.78, 5) is 22.5. The monoisotopic (exact) mass is 730 g/mol. The van der Waals surface area contributed by atoms with E-state index in [1.807, 2.05) is 0 Å². The summed E-state index contributed by atoms with van der Waals surface area (Å²) in [6, 6.07) is 12.6. The van der Waals surface area contributed by atoms with Crippen molar-refractivity contribution in [2.75, 3.05) is 24.1 Å². The first-order valence-corrected chi connectivity index (χ1v) is 16.5. The highest BCUT2D eigenvalue weighted by atomic mass is 127. The Labute approximate surface area is 250 Å². The van der Waals surface area contributed by atoms with Gasteiger partial charge in [0.2, 0.25) is 0 Å². The number of nitrogens with two attached hydrogens (primary N) is 1. The van der Waals surface area contributed by atoms with Crippen molar-refractivity contribution in [3.05, 3.63) is 82.9 Å². The number of benzene rings is 2. The lowest BCUT2D eigenvalue weighted by molar-refractivity contribution is -0.127. The van der Waals surface area contributed by atoms with E-state index in [0.29, 0.717) is 46.0 Å². The molecule has 4 N–H and O–H groups in total. The number of thiol groups is 1. The predicted molar refractivity (Wildman–Crippen MR) is 167 cm³/mol. The van der Waals surface area contributed by atoms with E-state index >= 15 is 0 Å².